The van der Waals surface area contributed by atoms with Gasteiger partial charge in [0, 0.05) is 18.4 Å². The van der Waals surface area contributed by atoms with Crippen molar-refractivity contribution in [2.45, 2.75) is 38.1 Å². The van der Waals surface area contributed by atoms with Crippen molar-refractivity contribution in [1.29, 1.82) is 0 Å². The van der Waals surface area contributed by atoms with E-state index in [2.05, 4.69) is 36.5 Å². The number of benzene rings is 1. The predicted molar refractivity (Wildman–Crippen MR) is 65.4 cm³/mol. The van der Waals surface area contributed by atoms with Crippen LogP contribution in [0.15, 0.2) is 24.3 Å². The number of nitrogens with one attached hydrogen (secondary N) is 1. The fraction of sp³-hybridized carbons (Fsp3) is 0.500. The van der Waals surface area contributed by atoms with Gasteiger partial charge in [0.25, 0.3) is 0 Å². The predicted octanol–water partition coefficient (Wildman–Crippen LogP) is 2.55. The lowest BCUT2D eigenvalue weighted by Crippen LogP contribution is -2.43. The van der Waals surface area contributed by atoms with Crippen LogP contribution in [0.1, 0.15) is 36.8 Å². The molecule has 86 valence electrons. The Labute approximate surface area is 97.1 Å². The van der Waals surface area contributed by atoms with Crippen molar-refractivity contribution in [2.75, 3.05) is 7.05 Å². The summed E-state index contributed by atoms with van der Waals surface area (Å²) in [5.41, 5.74) is 2.61. The highest BCUT2D eigenvalue weighted by Gasteiger charge is 2.34. The van der Waals surface area contributed by atoms with Crippen LogP contribution in [0.4, 0.5) is 0 Å². The monoisotopic (exact) mass is 217 g/mol. The number of ketones is 1. The molecule has 0 aromatic heterocycles. The van der Waals surface area contributed by atoms with E-state index in [0.717, 1.165) is 12.8 Å². The molecule has 16 heavy (non-hydrogen) atoms. The van der Waals surface area contributed by atoms with Crippen LogP contribution in [0, 0.1) is 6.92 Å². The lowest BCUT2D eigenvalue weighted by Gasteiger charge is -2.37. The fourth-order valence-corrected chi connectivity index (χ4v) is 2.51. The molecular formula is C14H19NO. The number of Topliss-reactive ketones (excluding diaryl/α,β-unsaturated/α-hetero) is 1. The largest absolute Gasteiger partial charge is 0.310 e. The summed E-state index contributed by atoms with van der Waals surface area (Å²) in [6.07, 6.45) is 3.25. The van der Waals surface area contributed by atoms with Crippen molar-refractivity contribution < 1.29 is 4.79 Å². The minimum atomic E-state index is 0.0155. The van der Waals surface area contributed by atoms with E-state index in [4.69, 9.17) is 0 Å². The number of carbonyl (C=O) groups excluding carboxylic acids is 1. The molecule has 1 N–H and O–H groups in total. The van der Waals surface area contributed by atoms with Crippen LogP contribution in [0.5, 0.6) is 0 Å². The van der Waals surface area contributed by atoms with E-state index in [-0.39, 0.29) is 5.54 Å². The molecule has 1 aromatic rings. The average Bonchev–Trinajstić information content (AvgIpc) is 2.32. The molecule has 1 aliphatic rings. The Morgan fingerprint density at radius 3 is 2.19 bits per heavy atom. The zero-order chi connectivity index (χ0) is 11.6. The summed E-state index contributed by atoms with van der Waals surface area (Å²) < 4.78 is 0. The molecule has 1 fully saturated rings. The second-order valence-corrected chi connectivity index (χ2v) is 4.74. The molecule has 0 atom stereocenters. The molecule has 0 amide bonds. The molecule has 0 aliphatic heterocycles. The number of hydrogen-bond donors (Lipinski definition) is 1. The molecule has 0 saturated heterocycles. The summed E-state index contributed by atoms with van der Waals surface area (Å²) in [6.45, 7) is 2.10. The summed E-state index contributed by atoms with van der Waals surface area (Å²) in [5, 5.41) is 3.42. The summed E-state index contributed by atoms with van der Waals surface area (Å²) >= 11 is 0. The smallest absolute Gasteiger partial charge is 0.133 e. The molecular weight excluding hydrogens is 198 g/mol. The first-order valence-electron chi connectivity index (χ1n) is 5.94. The van der Waals surface area contributed by atoms with Crippen molar-refractivity contribution >= 4 is 5.78 Å². The lowest BCUT2D eigenvalue weighted by atomic mass is 9.76. The molecule has 0 radical (unpaired) electrons. The Bertz CT molecular complexity index is 370. The van der Waals surface area contributed by atoms with E-state index in [1.165, 1.54) is 11.1 Å². The molecule has 1 aromatic carbocycles. The van der Waals surface area contributed by atoms with Crippen LogP contribution in [-0.2, 0) is 10.3 Å². The average molecular weight is 217 g/mol. The molecule has 1 saturated carbocycles. The van der Waals surface area contributed by atoms with Crippen LogP contribution in [0.25, 0.3) is 0 Å². The number of aryl methyl sites for hydroxylation is 1. The Hall–Kier alpha value is -1.15. The van der Waals surface area contributed by atoms with Gasteiger partial charge in [-0.15, -0.1) is 0 Å². The zero-order valence-corrected chi connectivity index (χ0v) is 10.0. The van der Waals surface area contributed by atoms with Gasteiger partial charge in [0.1, 0.15) is 5.78 Å². The van der Waals surface area contributed by atoms with E-state index in [0.29, 0.717) is 18.6 Å². The summed E-state index contributed by atoms with van der Waals surface area (Å²) in [7, 11) is 2.00. The fourth-order valence-electron chi connectivity index (χ4n) is 2.51. The summed E-state index contributed by atoms with van der Waals surface area (Å²) in [5.74, 6) is 0.401. The molecule has 1 aliphatic carbocycles. The Balaban J connectivity index is 2.27. The van der Waals surface area contributed by atoms with Gasteiger partial charge in [0.15, 0.2) is 0 Å². The van der Waals surface area contributed by atoms with Gasteiger partial charge in [0.05, 0.1) is 0 Å². The van der Waals surface area contributed by atoms with Crippen molar-refractivity contribution in [3.63, 3.8) is 0 Å². The Kier molecular flexibility index (Phi) is 3.10. The van der Waals surface area contributed by atoms with Crippen molar-refractivity contribution in [1.82, 2.24) is 5.32 Å². The quantitative estimate of drug-likeness (QED) is 0.825. The zero-order valence-electron chi connectivity index (χ0n) is 10.0. The van der Waals surface area contributed by atoms with E-state index >= 15 is 0 Å². The Morgan fingerprint density at radius 2 is 1.69 bits per heavy atom. The van der Waals surface area contributed by atoms with Crippen molar-refractivity contribution in [2.24, 2.45) is 0 Å². The SMILES string of the molecule is CNC1(c2ccc(C)cc2)CCC(=O)CC1. The summed E-state index contributed by atoms with van der Waals surface area (Å²) in [4.78, 5) is 11.3. The topological polar surface area (TPSA) is 29.1 Å². The van der Waals surface area contributed by atoms with Gasteiger partial charge in [-0.05, 0) is 32.4 Å². The van der Waals surface area contributed by atoms with E-state index in [1.807, 2.05) is 7.05 Å². The molecule has 0 unspecified atom stereocenters. The first-order valence-corrected chi connectivity index (χ1v) is 5.94. The molecule has 2 nitrogen and oxygen atoms in total. The molecule has 0 spiro atoms. The maximum absolute atomic E-state index is 11.3. The second-order valence-electron chi connectivity index (χ2n) is 4.74. The van der Waals surface area contributed by atoms with Crippen molar-refractivity contribution in [3.05, 3.63) is 35.4 Å². The Morgan fingerprint density at radius 1 is 1.12 bits per heavy atom. The molecule has 0 bridgehead atoms. The number of rotatable bonds is 2. The van der Waals surface area contributed by atoms with Crippen LogP contribution in [-0.4, -0.2) is 12.8 Å². The van der Waals surface area contributed by atoms with Crippen LogP contribution in [0.2, 0.25) is 0 Å². The van der Waals surface area contributed by atoms with E-state index in [1.54, 1.807) is 0 Å². The van der Waals surface area contributed by atoms with Gasteiger partial charge in [-0.1, -0.05) is 29.8 Å². The standard InChI is InChI=1S/C14H19NO/c1-11-3-5-12(6-4-11)14(15-2)9-7-13(16)8-10-14/h3-6,15H,7-10H2,1-2H3. The second kappa shape index (κ2) is 4.38. The third-order valence-electron chi connectivity index (χ3n) is 3.74. The maximum Gasteiger partial charge on any atom is 0.133 e. The van der Waals surface area contributed by atoms with Gasteiger partial charge in [-0.2, -0.15) is 0 Å². The first-order chi connectivity index (χ1) is 7.66. The van der Waals surface area contributed by atoms with Gasteiger partial charge < -0.3 is 5.32 Å². The molecule has 0 heterocycles. The van der Waals surface area contributed by atoms with Crippen LogP contribution >= 0.6 is 0 Å². The number of carbonyl (C=O) groups is 1. The highest BCUT2D eigenvalue weighted by molar-refractivity contribution is 5.79. The van der Waals surface area contributed by atoms with Crippen LogP contribution in [0.3, 0.4) is 0 Å². The highest BCUT2D eigenvalue weighted by atomic mass is 16.1. The van der Waals surface area contributed by atoms with E-state index in [9.17, 15) is 4.79 Å². The maximum atomic E-state index is 11.3. The van der Waals surface area contributed by atoms with Gasteiger partial charge in [-0.25, -0.2) is 0 Å². The van der Waals surface area contributed by atoms with E-state index < -0.39 is 0 Å². The lowest BCUT2D eigenvalue weighted by molar-refractivity contribution is -0.121. The first kappa shape index (κ1) is 11.3. The number of hydrogen-bond acceptors (Lipinski definition) is 2. The van der Waals surface area contributed by atoms with Crippen molar-refractivity contribution in [3.8, 4) is 0 Å². The highest BCUT2D eigenvalue weighted by Crippen LogP contribution is 2.35. The molecule has 2 heteroatoms. The van der Waals surface area contributed by atoms with Gasteiger partial charge >= 0.3 is 0 Å². The third kappa shape index (κ3) is 2.03. The molecule has 2 rings (SSSR count). The van der Waals surface area contributed by atoms with Gasteiger partial charge in [-0.3, -0.25) is 4.79 Å². The minimum Gasteiger partial charge on any atom is -0.310 e. The normalized spacial score (nSPS) is 19.8. The minimum absolute atomic E-state index is 0.0155. The summed E-state index contributed by atoms with van der Waals surface area (Å²) in [6, 6.07) is 8.65. The van der Waals surface area contributed by atoms with Gasteiger partial charge in [0.2, 0.25) is 0 Å². The third-order valence-corrected chi connectivity index (χ3v) is 3.74. The van der Waals surface area contributed by atoms with Crippen LogP contribution < -0.4 is 5.32 Å².